The molecule has 1 aliphatic rings. The van der Waals surface area contributed by atoms with Crippen molar-refractivity contribution in [1.82, 2.24) is 9.80 Å². The summed E-state index contributed by atoms with van der Waals surface area (Å²) in [5, 5.41) is 0. The molecule has 7 aromatic rings. The van der Waals surface area contributed by atoms with E-state index >= 15 is 9.59 Å². The Morgan fingerprint density at radius 2 is 0.843 bits per heavy atom. The van der Waals surface area contributed by atoms with Crippen molar-refractivity contribution in [2.45, 2.75) is 103 Å². The van der Waals surface area contributed by atoms with Crippen LogP contribution in [-0.4, -0.2) is 64.4 Å². The van der Waals surface area contributed by atoms with Crippen molar-refractivity contribution in [1.29, 1.82) is 0 Å². The number of fused-ring (bicyclic) bond motifs is 3. The van der Waals surface area contributed by atoms with Crippen molar-refractivity contribution in [2.24, 2.45) is 0 Å². The Hall–Kier alpha value is -6.53. The van der Waals surface area contributed by atoms with Gasteiger partial charge in [0.25, 0.3) is 0 Å². The molecule has 0 radical (unpaired) electrons. The zero-order valence-electron chi connectivity index (χ0n) is 42.4. The van der Waals surface area contributed by atoms with Crippen molar-refractivity contribution in [3.8, 4) is 11.1 Å². The van der Waals surface area contributed by atoms with Crippen LogP contribution in [0.15, 0.2) is 176 Å². The highest BCUT2D eigenvalue weighted by atomic mass is 16.1. The minimum absolute atomic E-state index is 0.00251. The second kappa shape index (κ2) is 21.6. The Bertz CT molecular complexity index is 2790. The zero-order chi connectivity index (χ0) is 49.5. The van der Waals surface area contributed by atoms with Crippen LogP contribution in [0.5, 0.6) is 0 Å². The van der Waals surface area contributed by atoms with Crippen LogP contribution in [0.2, 0.25) is 0 Å². The monoisotopic (exact) mass is 927 g/mol. The fourth-order valence-corrected chi connectivity index (χ4v) is 12.0. The first kappa shape index (κ1) is 49.9. The second-order valence-corrected chi connectivity index (χ2v) is 19.4. The third-order valence-corrected chi connectivity index (χ3v) is 15.8. The maximum absolute atomic E-state index is 15.0. The Kier molecular flexibility index (Phi) is 15.4. The van der Waals surface area contributed by atoms with Crippen LogP contribution in [0.3, 0.4) is 0 Å². The number of rotatable bonds is 22. The molecular formula is C65H70N2O3. The number of carbonyl (C=O) groups is 3. The predicted molar refractivity (Wildman–Crippen MR) is 288 cm³/mol. The van der Waals surface area contributed by atoms with E-state index in [0.717, 1.165) is 70.7 Å². The minimum atomic E-state index is -0.686. The average molecular weight is 927 g/mol. The van der Waals surface area contributed by atoms with Crippen LogP contribution in [-0.2, 0) is 31.1 Å². The van der Waals surface area contributed by atoms with Crippen molar-refractivity contribution >= 4 is 17.3 Å². The van der Waals surface area contributed by atoms with E-state index in [1.807, 2.05) is 73.7 Å². The molecule has 70 heavy (non-hydrogen) atoms. The molecule has 0 spiro atoms. The van der Waals surface area contributed by atoms with Gasteiger partial charge in [0, 0.05) is 27.7 Å². The summed E-state index contributed by atoms with van der Waals surface area (Å²) in [6.07, 6.45) is 3.92. The third kappa shape index (κ3) is 9.42. The van der Waals surface area contributed by atoms with E-state index in [1.165, 1.54) is 5.56 Å². The van der Waals surface area contributed by atoms with Gasteiger partial charge in [-0.15, -0.1) is 0 Å². The average Bonchev–Trinajstić information content (AvgIpc) is 3.66. The molecule has 1 aliphatic carbocycles. The second-order valence-electron chi connectivity index (χ2n) is 19.4. The smallest absolute Gasteiger partial charge is 0.193 e. The largest absolute Gasteiger partial charge is 0.292 e. The van der Waals surface area contributed by atoms with Gasteiger partial charge < -0.3 is 0 Å². The van der Waals surface area contributed by atoms with Gasteiger partial charge in [0.05, 0.1) is 11.1 Å². The summed E-state index contributed by atoms with van der Waals surface area (Å²) < 4.78 is 0. The number of likely N-dealkylation sites (N-methyl/N-ethyl adjacent to an activating group) is 2. The minimum Gasteiger partial charge on any atom is -0.292 e. The van der Waals surface area contributed by atoms with Gasteiger partial charge in [0.15, 0.2) is 17.3 Å². The van der Waals surface area contributed by atoms with E-state index in [4.69, 9.17) is 0 Å². The molecular weight excluding hydrogens is 857 g/mol. The van der Waals surface area contributed by atoms with E-state index in [9.17, 15) is 4.79 Å². The summed E-state index contributed by atoms with van der Waals surface area (Å²) in [5.74, 6) is 0.292. The highest BCUT2D eigenvalue weighted by Gasteiger charge is 2.46. The van der Waals surface area contributed by atoms with E-state index in [-0.39, 0.29) is 17.3 Å². The quantitative estimate of drug-likeness (QED) is 0.0634. The SMILES string of the molecule is CCN(CC)C(CC)(Cc1ccccc1)C(=O)c1ccc(CC2(Cc3ccc(C(=O)C(CC)(Cc4ccccc4)N(CC)CC)cc3)c3ccccc3-c3ccc(C(=O)c4ccccc4C)cc32)cc1. The molecule has 5 heteroatoms. The molecule has 0 N–H and O–H groups in total. The first-order valence-corrected chi connectivity index (χ1v) is 25.7. The topological polar surface area (TPSA) is 57.7 Å². The number of benzene rings is 7. The molecule has 8 rings (SSSR count). The molecule has 0 amide bonds. The summed E-state index contributed by atoms with van der Waals surface area (Å²) >= 11 is 0. The van der Waals surface area contributed by atoms with E-state index in [1.54, 1.807) is 0 Å². The van der Waals surface area contributed by atoms with Gasteiger partial charge in [0.1, 0.15) is 0 Å². The molecule has 5 nitrogen and oxygen atoms in total. The Morgan fingerprint density at radius 3 is 1.30 bits per heavy atom. The van der Waals surface area contributed by atoms with Gasteiger partial charge in [-0.1, -0.05) is 211 Å². The number of carbonyl (C=O) groups excluding carboxylic acids is 3. The van der Waals surface area contributed by atoms with Crippen molar-refractivity contribution in [3.63, 3.8) is 0 Å². The fraction of sp³-hybridized carbons (Fsp3) is 0.308. The van der Waals surface area contributed by atoms with Gasteiger partial charge in [-0.2, -0.15) is 0 Å². The van der Waals surface area contributed by atoms with E-state index < -0.39 is 16.5 Å². The molecule has 0 fully saturated rings. The van der Waals surface area contributed by atoms with Crippen molar-refractivity contribution < 1.29 is 14.4 Å². The maximum atomic E-state index is 15.0. The lowest BCUT2D eigenvalue weighted by atomic mass is 9.69. The molecule has 0 aliphatic heterocycles. The van der Waals surface area contributed by atoms with Gasteiger partial charge in [-0.05, 0) is 128 Å². The third-order valence-electron chi connectivity index (χ3n) is 15.8. The molecule has 0 bridgehead atoms. The van der Waals surface area contributed by atoms with Crippen LogP contribution in [0.1, 0.15) is 130 Å². The van der Waals surface area contributed by atoms with Gasteiger partial charge in [-0.25, -0.2) is 0 Å². The lowest BCUT2D eigenvalue weighted by Crippen LogP contribution is -2.55. The molecule has 358 valence electrons. The molecule has 2 unspecified atom stereocenters. The molecule has 0 saturated heterocycles. The molecule has 2 atom stereocenters. The Labute approximate surface area is 417 Å². The lowest BCUT2D eigenvalue weighted by Gasteiger charge is -2.42. The predicted octanol–water partition coefficient (Wildman–Crippen LogP) is 13.8. The van der Waals surface area contributed by atoms with Crippen LogP contribution in [0, 0.1) is 6.92 Å². The van der Waals surface area contributed by atoms with E-state index in [0.29, 0.717) is 60.8 Å². The number of nitrogens with zero attached hydrogens (tertiary/aromatic N) is 2. The molecule has 0 saturated carbocycles. The highest BCUT2D eigenvalue weighted by Crippen LogP contribution is 2.53. The molecule has 0 aromatic heterocycles. The van der Waals surface area contributed by atoms with Crippen LogP contribution < -0.4 is 0 Å². The number of Topliss-reactive ketones (excluding diaryl/α,β-unsaturated/α-hetero) is 2. The normalized spacial score (nSPS) is 15.8. The van der Waals surface area contributed by atoms with Crippen molar-refractivity contribution in [3.05, 3.63) is 237 Å². The lowest BCUT2D eigenvalue weighted by molar-refractivity contribution is 0.0545. The first-order chi connectivity index (χ1) is 34.0. The fourth-order valence-electron chi connectivity index (χ4n) is 12.0. The number of hydrogen-bond donors (Lipinski definition) is 0. The number of ketones is 3. The summed E-state index contributed by atoms with van der Waals surface area (Å²) in [4.78, 5) is 49.1. The molecule has 7 aromatic carbocycles. The summed E-state index contributed by atoms with van der Waals surface area (Å²) in [7, 11) is 0. The first-order valence-electron chi connectivity index (χ1n) is 25.7. The molecule has 0 heterocycles. The van der Waals surface area contributed by atoms with Crippen LogP contribution in [0.4, 0.5) is 0 Å². The van der Waals surface area contributed by atoms with Gasteiger partial charge in [-0.3, -0.25) is 24.2 Å². The zero-order valence-corrected chi connectivity index (χ0v) is 42.4. The van der Waals surface area contributed by atoms with Crippen molar-refractivity contribution in [2.75, 3.05) is 26.2 Å². The van der Waals surface area contributed by atoms with Gasteiger partial charge in [0.2, 0.25) is 0 Å². The van der Waals surface area contributed by atoms with Gasteiger partial charge >= 0.3 is 0 Å². The number of hydrogen-bond acceptors (Lipinski definition) is 5. The van der Waals surface area contributed by atoms with Crippen LogP contribution in [0.25, 0.3) is 11.1 Å². The Morgan fingerprint density at radius 1 is 0.429 bits per heavy atom. The highest BCUT2D eigenvalue weighted by molar-refractivity contribution is 6.10. The number of aryl methyl sites for hydroxylation is 1. The summed E-state index contributed by atoms with van der Waals surface area (Å²) in [6, 6.07) is 60.3. The van der Waals surface area contributed by atoms with Crippen LogP contribution >= 0.6 is 0 Å². The summed E-state index contributed by atoms with van der Waals surface area (Å²) in [5.41, 5.74) is 10.9. The standard InChI is InChI=1S/C65H70N2O3/c1-8-64(66(10-3)11-4,45-48-25-16-14-17-26-48)61(69)52-36-32-50(33-37-52)43-63(58-31-23-22-30-56(58)57-41-40-54(42-59(57)63)60(68)55-29-21-20-24-47(55)7)44-51-34-38-53(39-35-51)62(70)65(9-2,67(12-5)13-6)46-49-27-18-15-19-28-49/h14-42H,8-13,43-46H2,1-7H3. The van der Waals surface area contributed by atoms with E-state index in [2.05, 4.69) is 161 Å². The Balaban J connectivity index is 1.22. The summed E-state index contributed by atoms with van der Waals surface area (Å²) in [6.45, 7) is 18.0. The maximum Gasteiger partial charge on any atom is 0.193 e.